The summed E-state index contributed by atoms with van der Waals surface area (Å²) in [5.41, 5.74) is 5.30. The van der Waals surface area contributed by atoms with Gasteiger partial charge in [-0.15, -0.1) is 0 Å². The Hall–Kier alpha value is -1.99. The third-order valence-corrected chi connectivity index (χ3v) is 5.13. The molecule has 0 saturated carbocycles. The van der Waals surface area contributed by atoms with E-state index >= 15 is 0 Å². The van der Waals surface area contributed by atoms with Crippen molar-refractivity contribution in [2.45, 2.75) is 19.3 Å². The molecule has 1 aliphatic rings. The fourth-order valence-electron chi connectivity index (χ4n) is 3.94. The van der Waals surface area contributed by atoms with Gasteiger partial charge in [0.05, 0.1) is 16.1 Å². The molecular formula is C19H14ClN. The van der Waals surface area contributed by atoms with E-state index in [1.165, 1.54) is 38.4 Å². The fourth-order valence-corrected chi connectivity index (χ4v) is 4.20. The molecule has 102 valence electrons. The van der Waals surface area contributed by atoms with Crippen LogP contribution in [-0.4, -0.2) is 4.40 Å². The summed E-state index contributed by atoms with van der Waals surface area (Å²) >= 11 is 6.55. The topological polar surface area (TPSA) is 4.41 Å². The van der Waals surface area contributed by atoms with Gasteiger partial charge < -0.3 is 4.40 Å². The van der Waals surface area contributed by atoms with Crippen molar-refractivity contribution in [1.29, 1.82) is 0 Å². The number of halogens is 1. The third kappa shape index (κ3) is 1.28. The first-order valence-electron chi connectivity index (χ1n) is 7.40. The lowest BCUT2D eigenvalue weighted by Gasteiger charge is -2.15. The van der Waals surface area contributed by atoms with Crippen molar-refractivity contribution < 1.29 is 0 Å². The van der Waals surface area contributed by atoms with Crippen LogP contribution >= 0.6 is 11.6 Å². The zero-order valence-electron chi connectivity index (χ0n) is 11.7. The molecule has 21 heavy (non-hydrogen) atoms. The number of hydrogen-bond donors (Lipinski definition) is 0. The van der Waals surface area contributed by atoms with Crippen molar-refractivity contribution in [2.75, 3.05) is 0 Å². The lowest BCUT2D eigenvalue weighted by Crippen LogP contribution is -2.02. The normalized spacial score (nSPS) is 18.1. The second-order valence-corrected chi connectivity index (χ2v) is 6.42. The number of fused-ring (bicyclic) bond motifs is 6. The molecule has 5 rings (SSSR count). The largest absolute Gasteiger partial charge is 0.311 e. The molecule has 0 bridgehead atoms. The standard InChI is InChI=1S/C19H14ClN/c1-11-5-4-7-14-17-15(20)10-9-13-12-6-2-3-8-16(12)21(18(11)14)19(13)17/h2-4,6-11H,5H2,1H3. The van der Waals surface area contributed by atoms with Gasteiger partial charge in [-0.2, -0.15) is 0 Å². The van der Waals surface area contributed by atoms with Crippen LogP contribution in [0.2, 0.25) is 5.02 Å². The van der Waals surface area contributed by atoms with Crippen molar-refractivity contribution in [2.24, 2.45) is 0 Å². The molecule has 4 aromatic rings. The van der Waals surface area contributed by atoms with E-state index < -0.39 is 0 Å². The Bertz CT molecular complexity index is 1040. The van der Waals surface area contributed by atoms with Crippen molar-refractivity contribution in [3.63, 3.8) is 0 Å². The predicted molar refractivity (Wildman–Crippen MR) is 90.7 cm³/mol. The smallest absolute Gasteiger partial charge is 0.0632 e. The van der Waals surface area contributed by atoms with E-state index in [0.29, 0.717) is 5.92 Å². The van der Waals surface area contributed by atoms with Crippen LogP contribution in [0.4, 0.5) is 0 Å². The summed E-state index contributed by atoms with van der Waals surface area (Å²) in [7, 11) is 0. The maximum Gasteiger partial charge on any atom is 0.0632 e. The summed E-state index contributed by atoms with van der Waals surface area (Å²) < 4.78 is 2.44. The molecule has 0 aliphatic heterocycles. The van der Waals surface area contributed by atoms with Gasteiger partial charge in [-0.3, -0.25) is 0 Å². The first-order chi connectivity index (χ1) is 10.3. The average Bonchev–Trinajstić information content (AvgIpc) is 3.00. The molecule has 2 aromatic heterocycles. The zero-order chi connectivity index (χ0) is 14.1. The molecule has 2 heteroatoms. The van der Waals surface area contributed by atoms with Gasteiger partial charge in [0.15, 0.2) is 0 Å². The first-order valence-corrected chi connectivity index (χ1v) is 7.78. The molecule has 1 aliphatic carbocycles. The number of rotatable bonds is 0. The third-order valence-electron chi connectivity index (χ3n) is 4.81. The number of allylic oxidation sites excluding steroid dienone is 1. The highest BCUT2D eigenvalue weighted by Gasteiger charge is 2.26. The molecule has 1 nitrogen and oxygen atoms in total. The van der Waals surface area contributed by atoms with Crippen LogP contribution in [0.1, 0.15) is 30.5 Å². The van der Waals surface area contributed by atoms with Crippen LogP contribution in [0.15, 0.2) is 42.5 Å². The first kappa shape index (κ1) is 11.6. The van der Waals surface area contributed by atoms with Crippen molar-refractivity contribution in [3.8, 4) is 0 Å². The van der Waals surface area contributed by atoms with Gasteiger partial charge in [0.25, 0.3) is 0 Å². The van der Waals surface area contributed by atoms with Crippen molar-refractivity contribution in [1.82, 2.24) is 4.40 Å². The minimum Gasteiger partial charge on any atom is -0.311 e. The zero-order valence-corrected chi connectivity index (χ0v) is 12.5. The summed E-state index contributed by atoms with van der Waals surface area (Å²) in [6.07, 6.45) is 5.61. The van der Waals surface area contributed by atoms with E-state index in [1.807, 2.05) is 6.07 Å². The Kier molecular flexibility index (Phi) is 2.11. The van der Waals surface area contributed by atoms with Gasteiger partial charge >= 0.3 is 0 Å². The fraction of sp³-hybridized carbons (Fsp3) is 0.158. The summed E-state index contributed by atoms with van der Waals surface area (Å²) in [4.78, 5) is 0. The van der Waals surface area contributed by atoms with Gasteiger partial charge in [-0.05, 0) is 18.6 Å². The van der Waals surface area contributed by atoms with E-state index in [9.17, 15) is 0 Å². The van der Waals surface area contributed by atoms with Crippen LogP contribution in [0, 0.1) is 0 Å². The minimum absolute atomic E-state index is 0.521. The van der Waals surface area contributed by atoms with Crippen LogP contribution in [0.5, 0.6) is 0 Å². The summed E-state index contributed by atoms with van der Waals surface area (Å²) in [6, 6.07) is 12.9. The minimum atomic E-state index is 0.521. The Labute approximate surface area is 127 Å². The lowest BCUT2D eigenvalue weighted by molar-refractivity contribution is 0.738. The highest BCUT2D eigenvalue weighted by molar-refractivity contribution is 6.38. The van der Waals surface area contributed by atoms with Gasteiger partial charge in [-0.1, -0.05) is 54.9 Å². The van der Waals surface area contributed by atoms with Gasteiger partial charge in [0, 0.05) is 33.3 Å². The molecule has 0 fully saturated rings. The van der Waals surface area contributed by atoms with Gasteiger partial charge in [0.2, 0.25) is 0 Å². The van der Waals surface area contributed by atoms with Crippen LogP contribution < -0.4 is 0 Å². The number of hydrogen-bond acceptors (Lipinski definition) is 0. The molecule has 1 atom stereocenters. The Morgan fingerprint density at radius 1 is 1.10 bits per heavy atom. The lowest BCUT2D eigenvalue weighted by atomic mass is 9.93. The SMILES string of the molecule is CC1CC=Cc2c1n1c3ccccc3c3ccc(Cl)c2c31. The molecule has 2 heterocycles. The molecule has 0 spiro atoms. The van der Waals surface area contributed by atoms with Crippen LogP contribution in [0.25, 0.3) is 33.3 Å². The van der Waals surface area contributed by atoms with E-state index in [2.05, 4.69) is 53.8 Å². The maximum absolute atomic E-state index is 6.55. The van der Waals surface area contributed by atoms with Crippen molar-refractivity contribution in [3.05, 3.63) is 58.8 Å². The average molecular weight is 292 g/mol. The van der Waals surface area contributed by atoms with Crippen LogP contribution in [0.3, 0.4) is 0 Å². The van der Waals surface area contributed by atoms with Gasteiger partial charge in [-0.25, -0.2) is 0 Å². The summed E-state index contributed by atoms with van der Waals surface area (Å²) in [5.74, 6) is 0.521. The molecule has 0 amide bonds. The van der Waals surface area contributed by atoms with Crippen molar-refractivity contribution >= 4 is 44.9 Å². The van der Waals surface area contributed by atoms with Crippen LogP contribution in [-0.2, 0) is 0 Å². The van der Waals surface area contributed by atoms with Gasteiger partial charge in [0.1, 0.15) is 0 Å². The quantitative estimate of drug-likeness (QED) is 0.382. The van der Waals surface area contributed by atoms with E-state index in [0.717, 1.165) is 11.4 Å². The monoisotopic (exact) mass is 291 g/mol. The second kappa shape index (κ2) is 3.80. The highest BCUT2D eigenvalue weighted by Crippen LogP contribution is 2.45. The molecule has 1 unspecified atom stereocenters. The number of para-hydroxylation sites is 1. The van der Waals surface area contributed by atoms with E-state index in [1.54, 1.807) is 0 Å². The summed E-state index contributed by atoms with van der Waals surface area (Å²) in [6.45, 7) is 2.30. The van der Waals surface area contributed by atoms with E-state index in [-0.39, 0.29) is 0 Å². The Balaban J connectivity index is 2.20. The second-order valence-electron chi connectivity index (χ2n) is 6.01. The molecular weight excluding hydrogens is 278 g/mol. The summed E-state index contributed by atoms with van der Waals surface area (Å²) in [5, 5.41) is 4.69. The molecule has 0 radical (unpaired) electrons. The molecule has 2 aromatic carbocycles. The Morgan fingerprint density at radius 3 is 2.86 bits per heavy atom. The predicted octanol–water partition coefficient (Wildman–Crippen LogP) is 5.86. The maximum atomic E-state index is 6.55. The van der Waals surface area contributed by atoms with E-state index in [4.69, 9.17) is 11.6 Å². The molecule has 0 N–H and O–H groups in total. The Morgan fingerprint density at radius 2 is 1.95 bits per heavy atom. The number of aromatic nitrogens is 1. The highest BCUT2D eigenvalue weighted by atomic mass is 35.5. The number of benzene rings is 2. The number of nitrogens with zero attached hydrogens (tertiary/aromatic N) is 1. The molecule has 0 saturated heterocycles.